The molecule has 2 aromatic rings. The Morgan fingerprint density at radius 3 is 2.35 bits per heavy atom. The minimum Gasteiger partial charge on any atom is -0.452 e. The van der Waals surface area contributed by atoms with Crippen molar-refractivity contribution >= 4 is 21.9 Å². The van der Waals surface area contributed by atoms with Crippen molar-refractivity contribution in [1.29, 1.82) is 0 Å². The summed E-state index contributed by atoms with van der Waals surface area (Å²) in [5, 5.41) is 2.71. The van der Waals surface area contributed by atoms with Crippen molar-refractivity contribution < 1.29 is 22.7 Å². The molecule has 0 aliphatic heterocycles. The Morgan fingerprint density at radius 2 is 1.71 bits per heavy atom. The summed E-state index contributed by atoms with van der Waals surface area (Å²) < 4.78 is 32.7. The fourth-order valence-corrected chi connectivity index (χ4v) is 4.32. The molecule has 0 heterocycles. The van der Waals surface area contributed by atoms with Gasteiger partial charge in [-0.25, -0.2) is 17.9 Å². The molecular weight excluding hydrogens is 416 g/mol. The third-order valence-corrected chi connectivity index (χ3v) is 6.08. The molecule has 0 radical (unpaired) electrons. The van der Waals surface area contributed by atoms with Gasteiger partial charge in [0, 0.05) is 12.1 Å². The summed E-state index contributed by atoms with van der Waals surface area (Å²) in [4.78, 5) is 24.4. The van der Waals surface area contributed by atoms with Gasteiger partial charge in [-0.2, -0.15) is 0 Å². The zero-order valence-electron chi connectivity index (χ0n) is 18.4. The molecule has 0 saturated carbocycles. The molecule has 0 aliphatic carbocycles. The van der Waals surface area contributed by atoms with Crippen LogP contribution in [0.4, 0.5) is 0 Å². The van der Waals surface area contributed by atoms with Crippen LogP contribution in [0.25, 0.3) is 0 Å². The van der Waals surface area contributed by atoms with E-state index in [0.29, 0.717) is 12.1 Å². The van der Waals surface area contributed by atoms with E-state index in [0.717, 1.165) is 12.8 Å². The summed E-state index contributed by atoms with van der Waals surface area (Å²) >= 11 is 0. The van der Waals surface area contributed by atoms with E-state index < -0.39 is 34.0 Å². The first-order valence-electron chi connectivity index (χ1n) is 10.1. The van der Waals surface area contributed by atoms with Gasteiger partial charge in [-0.05, 0) is 63.8 Å². The topological polar surface area (TPSA) is 102 Å². The summed E-state index contributed by atoms with van der Waals surface area (Å²) in [7, 11) is -3.80. The van der Waals surface area contributed by atoms with Gasteiger partial charge < -0.3 is 10.1 Å². The number of amides is 1. The number of sulfonamides is 1. The molecule has 1 amide bonds. The molecule has 0 saturated heterocycles. The van der Waals surface area contributed by atoms with Crippen molar-refractivity contribution in [2.75, 3.05) is 13.2 Å². The lowest BCUT2D eigenvalue weighted by Gasteiger charge is -2.20. The maximum atomic E-state index is 12.5. The molecule has 2 rings (SSSR count). The van der Waals surface area contributed by atoms with Crippen LogP contribution in [-0.4, -0.2) is 39.0 Å². The number of carbonyl (C=O) groups is 2. The molecule has 0 fully saturated rings. The van der Waals surface area contributed by atoms with E-state index in [2.05, 4.69) is 10.0 Å². The number of rotatable bonds is 9. The molecule has 0 aromatic heterocycles. The third kappa shape index (κ3) is 8.15. The largest absolute Gasteiger partial charge is 0.452 e. The van der Waals surface area contributed by atoms with Gasteiger partial charge in [0.25, 0.3) is 5.91 Å². The van der Waals surface area contributed by atoms with E-state index in [4.69, 9.17) is 4.74 Å². The smallest absolute Gasteiger partial charge is 0.338 e. The van der Waals surface area contributed by atoms with E-state index in [1.807, 2.05) is 30.3 Å². The predicted molar refractivity (Wildman–Crippen MR) is 119 cm³/mol. The van der Waals surface area contributed by atoms with E-state index >= 15 is 0 Å². The fraction of sp³-hybridized carbons (Fsp3) is 0.391. The number of aryl methyl sites for hydroxylation is 2. The third-order valence-electron chi connectivity index (χ3n) is 4.32. The Balaban J connectivity index is 1.89. The second-order valence-electron chi connectivity index (χ2n) is 8.35. The Morgan fingerprint density at radius 1 is 1.03 bits per heavy atom. The lowest BCUT2D eigenvalue weighted by molar-refractivity contribution is -0.124. The summed E-state index contributed by atoms with van der Waals surface area (Å²) in [6, 6.07) is 14.2. The molecule has 0 unspecified atom stereocenters. The van der Waals surface area contributed by atoms with Crippen molar-refractivity contribution in [3.8, 4) is 0 Å². The summed E-state index contributed by atoms with van der Waals surface area (Å²) in [6.07, 6.45) is 1.60. The fourth-order valence-electron chi connectivity index (χ4n) is 2.88. The highest BCUT2D eigenvalue weighted by atomic mass is 32.2. The minimum absolute atomic E-state index is 0.0367. The molecule has 0 bridgehead atoms. The van der Waals surface area contributed by atoms with Crippen LogP contribution in [0.5, 0.6) is 0 Å². The van der Waals surface area contributed by atoms with Gasteiger partial charge in [-0.15, -0.1) is 0 Å². The van der Waals surface area contributed by atoms with Gasteiger partial charge in [0.2, 0.25) is 10.0 Å². The van der Waals surface area contributed by atoms with Gasteiger partial charge in [-0.3, -0.25) is 4.79 Å². The summed E-state index contributed by atoms with van der Waals surface area (Å²) in [6.45, 7) is 6.90. The lowest BCUT2D eigenvalue weighted by Crippen LogP contribution is -2.40. The molecule has 0 spiro atoms. The quantitative estimate of drug-likeness (QED) is 0.455. The van der Waals surface area contributed by atoms with E-state index in [9.17, 15) is 18.0 Å². The zero-order valence-corrected chi connectivity index (χ0v) is 19.2. The summed E-state index contributed by atoms with van der Waals surface area (Å²) in [5.74, 6) is -1.15. The van der Waals surface area contributed by atoms with Gasteiger partial charge in [-0.1, -0.05) is 36.4 Å². The van der Waals surface area contributed by atoms with Gasteiger partial charge in [0.15, 0.2) is 6.61 Å². The molecule has 31 heavy (non-hydrogen) atoms. The molecule has 7 nitrogen and oxygen atoms in total. The van der Waals surface area contributed by atoms with Crippen molar-refractivity contribution in [1.82, 2.24) is 10.0 Å². The van der Waals surface area contributed by atoms with Crippen LogP contribution in [0.2, 0.25) is 0 Å². The summed E-state index contributed by atoms with van der Waals surface area (Å²) in [5.41, 5.74) is 1.19. The van der Waals surface area contributed by atoms with E-state index in [1.54, 1.807) is 27.7 Å². The Kier molecular flexibility index (Phi) is 8.36. The SMILES string of the molecule is Cc1ccc(S(=O)(=O)NC(C)(C)C)cc1C(=O)OCC(=O)NCCCc1ccccc1. The molecule has 0 aliphatic rings. The number of ether oxygens (including phenoxy) is 1. The predicted octanol–water partition coefficient (Wildman–Crippen LogP) is 2.98. The molecule has 8 heteroatoms. The Bertz CT molecular complexity index is 1010. The normalized spacial score (nSPS) is 11.7. The number of hydrogen-bond acceptors (Lipinski definition) is 5. The maximum absolute atomic E-state index is 12.5. The van der Waals surface area contributed by atoms with Gasteiger partial charge in [0.05, 0.1) is 10.5 Å². The lowest BCUT2D eigenvalue weighted by atomic mass is 10.1. The number of hydrogen-bond donors (Lipinski definition) is 2. The van der Waals surface area contributed by atoms with Crippen LogP contribution in [0.1, 0.15) is 48.7 Å². The highest BCUT2D eigenvalue weighted by molar-refractivity contribution is 7.89. The second-order valence-corrected chi connectivity index (χ2v) is 10.0. The molecule has 2 N–H and O–H groups in total. The number of nitrogens with one attached hydrogen (secondary N) is 2. The minimum atomic E-state index is -3.80. The van der Waals surface area contributed by atoms with Crippen LogP contribution in [0.3, 0.4) is 0 Å². The first-order chi connectivity index (χ1) is 14.5. The monoisotopic (exact) mass is 446 g/mol. The Labute approximate surface area is 184 Å². The second kappa shape index (κ2) is 10.5. The average Bonchev–Trinajstić information content (AvgIpc) is 2.68. The van der Waals surface area contributed by atoms with Crippen LogP contribution in [0, 0.1) is 6.92 Å². The first kappa shape index (κ1) is 24.6. The van der Waals surface area contributed by atoms with Gasteiger partial charge in [0.1, 0.15) is 0 Å². The van der Waals surface area contributed by atoms with E-state index in [1.165, 1.54) is 23.8 Å². The number of benzene rings is 2. The molecular formula is C23H30N2O5S. The van der Waals surface area contributed by atoms with Crippen LogP contribution < -0.4 is 10.0 Å². The zero-order chi connectivity index (χ0) is 23.1. The number of esters is 1. The highest BCUT2D eigenvalue weighted by Gasteiger charge is 2.24. The van der Waals surface area contributed by atoms with Gasteiger partial charge >= 0.3 is 5.97 Å². The molecule has 2 aromatic carbocycles. The highest BCUT2D eigenvalue weighted by Crippen LogP contribution is 2.18. The number of carbonyl (C=O) groups excluding carboxylic acids is 2. The maximum Gasteiger partial charge on any atom is 0.338 e. The van der Waals surface area contributed by atoms with Crippen molar-refractivity contribution in [2.45, 2.75) is 51.0 Å². The molecule has 168 valence electrons. The van der Waals surface area contributed by atoms with Crippen LogP contribution in [-0.2, 0) is 26.0 Å². The Hall–Kier alpha value is -2.71. The average molecular weight is 447 g/mol. The van der Waals surface area contributed by atoms with Crippen molar-refractivity contribution in [3.05, 3.63) is 65.2 Å². The van der Waals surface area contributed by atoms with Crippen LogP contribution in [0.15, 0.2) is 53.4 Å². The van der Waals surface area contributed by atoms with Crippen LogP contribution >= 0.6 is 0 Å². The molecule has 0 atom stereocenters. The van der Waals surface area contributed by atoms with E-state index in [-0.39, 0.29) is 10.5 Å². The van der Waals surface area contributed by atoms with Crippen molar-refractivity contribution in [2.24, 2.45) is 0 Å². The first-order valence-corrected chi connectivity index (χ1v) is 11.6. The standard InChI is InChI=1S/C23H30N2O5S/c1-17-12-13-19(31(28,29)25-23(2,3)4)15-20(17)22(27)30-16-21(26)24-14-8-11-18-9-6-5-7-10-18/h5-7,9-10,12-13,15,25H,8,11,14,16H2,1-4H3,(H,24,26). The van der Waals surface area contributed by atoms with Crippen molar-refractivity contribution in [3.63, 3.8) is 0 Å².